The Morgan fingerprint density at radius 1 is 1.23 bits per heavy atom. The summed E-state index contributed by atoms with van der Waals surface area (Å²) in [7, 11) is 0. The van der Waals surface area contributed by atoms with E-state index in [9.17, 15) is 9.59 Å². The average Bonchev–Trinajstić information content (AvgIpc) is 2.11. The lowest BCUT2D eigenvalue weighted by Crippen LogP contribution is -2.11. The highest BCUT2D eigenvalue weighted by molar-refractivity contribution is 5.98. The first-order valence-electron chi connectivity index (χ1n) is 4.08. The topological polar surface area (TPSA) is 63.6 Å². The number of esters is 1. The Morgan fingerprint density at radius 3 is 2.15 bits per heavy atom. The number of carboxylic acids is 1. The van der Waals surface area contributed by atoms with Gasteiger partial charge in [0.1, 0.15) is 0 Å². The fourth-order valence-corrected chi connectivity index (χ4v) is 0.617. The average molecular weight is 186 g/mol. The van der Waals surface area contributed by atoms with Crippen LogP contribution in [-0.4, -0.2) is 23.7 Å². The highest BCUT2D eigenvalue weighted by atomic mass is 16.5. The maximum Gasteiger partial charge on any atom is 0.334 e. The van der Waals surface area contributed by atoms with Gasteiger partial charge in [-0.15, -0.1) is 0 Å². The second-order valence-corrected chi connectivity index (χ2v) is 2.69. The molecule has 0 aliphatic heterocycles. The van der Waals surface area contributed by atoms with Gasteiger partial charge in [0.2, 0.25) is 0 Å². The number of carboxylic acid groups (broad SMARTS) is 1. The highest BCUT2D eigenvalue weighted by Gasteiger charge is 2.12. The van der Waals surface area contributed by atoms with Crippen molar-refractivity contribution in [3.05, 3.63) is 11.1 Å². The van der Waals surface area contributed by atoms with Gasteiger partial charge in [0, 0.05) is 11.1 Å². The van der Waals surface area contributed by atoms with Crippen molar-refractivity contribution in [2.45, 2.75) is 27.2 Å². The van der Waals surface area contributed by atoms with Crippen molar-refractivity contribution in [3.8, 4) is 0 Å². The molecule has 0 spiro atoms. The molecule has 1 N–H and O–H groups in total. The number of rotatable bonds is 4. The van der Waals surface area contributed by atoms with Crippen LogP contribution in [0.1, 0.15) is 27.2 Å². The fraction of sp³-hybridized carbons (Fsp3) is 0.556. The lowest BCUT2D eigenvalue weighted by molar-refractivity contribution is -0.140. The standard InChI is InChI=1S/C9H14O4/c1-4-5-13-9(12)7(3)6(2)8(10)11/h4-5H2,1-3H3,(H,10,11)/b7-6-. The molecule has 0 saturated heterocycles. The third-order valence-electron chi connectivity index (χ3n) is 1.63. The molecule has 0 fully saturated rings. The molecule has 0 bridgehead atoms. The summed E-state index contributed by atoms with van der Waals surface area (Å²) in [6, 6.07) is 0. The predicted molar refractivity (Wildman–Crippen MR) is 47.3 cm³/mol. The van der Waals surface area contributed by atoms with Crippen molar-refractivity contribution in [2.24, 2.45) is 0 Å². The Balaban J connectivity index is 4.40. The van der Waals surface area contributed by atoms with E-state index in [1.54, 1.807) is 0 Å². The Morgan fingerprint density at radius 2 is 1.77 bits per heavy atom. The van der Waals surface area contributed by atoms with Crippen LogP contribution in [0.4, 0.5) is 0 Å². The quantitative estimate of drug-likeness (QED) is 0.532. The molecule has 0 radical (unpaired) electrons. The largest absolute Gasteiger partial charge is 0.478 e. The molecular formula is C9H14O4. The molecule has 4 nitrogen and oxygen atoms in total. The summed E-state index contributed by atoms with van der Waals surface area (Å²) in [4.78, 5) is 21.6. The third kappa shape index (κ3) is 3.73. The maximum atomic E-state index is 11.1. The van der Waals surface area contributed by atoms with E-state index in [1.807, 2.05) is 6.92 Å². The number of hydrogen-bond acceptors (Lipinski definition) is 3. The zero-order valence-corrected chi connectivity index (χ0v) is 8.09. The van der Waals surface area contributed by atoms with Crippen molar-refractivity contribution < 1.29 is 19.4 Å². The first kappa shape index (κ1) is 11.7. The number of ether oxygens (including phenoxy) is 1. The molecule has 0 aromatic rings. The molecule has 0 rings (SSSR count). The van der Waals surface area contributed by atoms with Crippen LogP contribution in [-0.2, 0) is 14.3 Å². The van der Waals surface area contributed by atoms with Crippen LogP contribution in [0.5, 0.6) is 0 Å². The third-order valence-corrected chi connectivity index (χ3v) is 1.63. The van der Waals surface area contributed by atoms with E-state index in [0.717, 1.165) is 6.42 Å². The summed E-state index contributed by atoms with van der Waals surface area (Å²) >= 11 is 0. The summed E-state index contributed by atoms with van der Waals surface area (Å²) in [6.07, 6.45) is 0.727. The molecule has 0 unspecified atom stereocenters. The van der Waals surface area contributed by atoms with Crippen LogP contribution in [0.15, 0.2) is 11.1 Å². The van der Waals surface area contributed by atoms with Gasteiger partial charge in [-0.3, -0.25) is 0 Å². The van der Waals surface area contributed by atoms with E-state index in [2.05, 4.69) is 0 Å². The molecule has 0 aromatic heterocycles. The van der Waals surface area contributed by atoms with Crippen molar-refractivity contribution in [1.82, 2.24) is 0 Å². The van der Waals surface area contributed by atoms with E-state index >= 15 is 0 Å². The van der Waals surface area contributed by atoms with Gasteiger partial charge in [0.15, 0.2) is 0 Å². The molecule has 0 amide bonds. The normalized spacial score (nSPS) is 11.9. The van der Waals surface area contributed by atoms with Gasteiger partial charge < -0.3 is 9.84 Å². The van der Waals surface area contributed by atoms with Crippen LogP contribution >= 0.6 is 0 Å². The SMILES string of the molecule is CCCOC(=O)/C(C)=C(/C)C(=O)O. The van der Waals surface area contributed by atoms with E-state index in [1.165, 1.54) is 13.8 Å². The minimum Gasteiger partial charge on any atom is -0.478 e. The molecule has 4 heteroatoms. The van der Waals surface area contributed by atoms with Crippen molar-refractivity contribution in [3.63, 3.8) is 0 Å². The second kappa shape index (κ2) is 5.35. The van der Waals surface area contributed by atoms with Gasteiger partial charge in [-0.2, -0.15) is 0 Å². The molecule has 74 valence electrons. The van der Waals surface area contributed by atoms with E-state index in [-0.39, 0.29) is 11.1 Å². The molecule has 0 atom stereocenters. The van der Waals surface area contributed by atoms with Crippen LogP contribution in [0.3, 0.4) is 0 Å². The predicted octanol–water partition coefficient (Wildman–Crippen LogP) is 1.36. The lowest BCUT2D eigenvalue weighted by atomic mass is 10.1. The van der Waals surface area contributed by atoms with Gasteiger partial charge in [0.05, 0.1) is 6.61 Å². The molecule has 0 saturated carbocycles. The molecular weight excluding hydrogens is 172 g/mol. The highest BCUT2D eigenvalue weighted by Crippen LogP contribution is 2.05. The Labute approximate surface area is 77.2 Å². The molecule has 0 aromatic carbocycles. The van der Waals surface area contributed by atoms with Crippen LogP contribution in [0, 0.1) is 0 Å². The van der Waals surface area contributed by atoms with Gasteiger partial charge in [0.25, 0.3) is 0 Å². The van der Waals surface area contributed by atoms with Crippen LogP contribution in [0.25, 0.3) is 0 Å². The Hall–Kier alpha value is -1.32. The summed E-state index contributed by atoms with van der Waals surface area (Å²) in [5, 5.41) is 8.56. The van der Waals surface area contributed by atoms with Gasteiger partial charge in [-0.1, -0.05) is 6.92 Å². The number of hydrogen-bond donors (Lipinski definition) is 1. The first-order chi connectivity index (χ1) is 6.00. The Kier molecular flexibility index (Phi) is 4.80. The van der Waals surface area contributed by atoms with E-state index in [0.29, 0.717) is 6.61 Å². The number of aliphatic carboxylic acids is 1. The van der Waals surface area contributed by atoms with Crippen LogP contribution < -0.4 is 0 Å². The second-order valence-electron chi connectivity index (χ2n) is 2.69. The van der Waals surface area contributed by atoms with Crippen molar-refractivity contribution >= 4 is 11.9 Å². The van der Waals surface area contributed by atoms with Gasteiger partial charge in [-0.25, -0.2) is 9.59 Å². The van der Waals surface area contributed by atoms with Crippen molar-refractivity contribution in [1.29, 1.82) is 0 Å². The van der Waals surface area contributed by atoms with E-state index < -0.39 is 11.9 Å². The van der Waals surface area contributed by atoms with Gasteiger partial charge in [-0.05, 0) is 20.3 Å². The van der Waals surface area contributed by atoms with Crippen molar-refractivity contribution in [2.75, 3.05) is 6.61 Å². The molecule has 0 aliphatic rings. The van der Waals surface area contributed by atoms with Crippen LogP contribution in [0.2, 0.25) is 0 Å². The zero-order chi connectivity index (χ0) is 10.4. The summed E-state index contributed by atoms with van der Waals surface area (Å²) in [6.45, 7) is 5.02. The minimum atomic E-state index is -1.09. The fourth-order valence-electron chi connectivity index (χ4n) is 0.617. The van der Waals surface area contributed by atoms with Gasteiger partial charge >= 0.3 is 11.9 Å². The molecule has 0 aliphatic carbocycles. The number of carbonyl (C=O) groups is 2. The Bertz CT molecular complexity index is 240. The first-order valence-corrected chi connectivity index (χ1v) is 4.08. The number of carbonyl (C=O) groups excluding carboxylic acids is 1. The molecule has 0 heterocycles. The summed E-state index contributed by atoms with van der Waals surface area (Å²) in [5.41, 5.74) is 0.182. The summed E-state index contributed by atoms with van der Waals surface area (Å²) in [5.74, 6) is -1.65. The summed E-state index contributed by atoms with van der Waals surface area (Å²) < 4.78 is 4.76. The minimum absolute atomic E-state index is 0.0288. The molecule has 13 heavy (non-hydrogen) atoms. The smallest absolute Gasteiger partial charge is 0.334 e. The maximum absolute atomic E-state index is 11.1. The zero-order valence-electron chi connectivity index (χ0n) is 8.09. The monoisotopic (exact) mass is 186 g/mol. The van der Waals surface area contributed by atoms with E-state index in [4.69, 9.17) is 9.84 Å². The lowest BCUT2D eigenvalue weighted by Gasteiger charge is -2.04.